The van der Waals surface area contributed by atoms with Gasteiger partial charge in [-0.15, -0.1) is 0 Å². The summed E-state index contributed by atoms with van der Waals surface area (Å²) < 4.78 is 1.84. The first-order valence-electron chi connectivity index (χ1n) is 6.82. The van der Waals surface area contributed by atoms with E-state index >= 15 is 0 Å². The fraction of sp³-hybridized carbons (Fsp3) is 0.118. The van der Waals surface area contributed by atoms with Crippen LogP contribution in [-0.2, 0) is 6.54 Å². The largest absolute Gasteiger partial charge is 0.380 e. The van der Waals surface area contributed by atoms with Crippen molar-refractivity contribution in [1.82, 2.24) is 9.78 Å². The summed E-state index contributed by atoms with van der Waals surface area (Å²) in [6, 6.07) is 16.1. The molecule has 0 aliphatic carbocycles. The zero-order valence-corrected chi connectivity index (χ0v) is 12.5. The van der Waals surface area contributed by atoms with Gasteiger partial charge in [0.05, 0.1) is 16.4 Å². The molecule has 0 spiro atoms. The van der Waals surface area contributed by atoms with Crippen LogP contribution in [0.3, 0.4) is 0 Å². The Labute approximate surface area is 129 Å². The van der Waals surface area contributed by atoms with E-state index in [0.717, 1.165) is 28.5 Å². The highest BCUT2D eigenvalue weighted by molar-refractivity contribution is 6.33. The van der Waals surface area contributed by atoms with Gasteiger partial charge in [-0.3, -0.25) is 0 Å². The molecule has 0 fully saturated rings. The maximum Gasteiger partial charge on any atom is 0.0645 e. The third kappa shape index (κ3) is 3.09. The highest BCUT2D eigenvalue weighted by Crippen LogP contribution is 2.25. The van der Waals surface area contributed by atoms with Crippen molar-refractivity contribution < 1.29 is 0 Å². The Kier molecular flexibility index (Phi) is 3.93. The molecule has 0 aliphatic heterocycles. The zero-order valence-electron chi connectivity index (χ0n) is 11.8. The highest BCUT2D eigenvalue weighted by Gasteiger charge is 2.03. The van der Waals surface area contributed by atoms with Crippen LogP contribution in [0.4, 0.5) is 5.69 Å². The fourth-order valence-corrected chi connectivity index (χ4v) is 2.52. The lowest BCUT2D eigenvalue weighted by Crippen LogP contribution is -2.02. The first-order chi connectivity index (χ1) is 10.2. The van der Waals surface area contributed by atoms with Gasteiger partial charge in [0.25, 0.3) is 0 Å². The van der Waals surface area contributed by atoms with E-state index in [1.165, 1.54) is 5.56 Å². The van der Waals surface area contributed by atoms with Crippen LogP contribution < -0.4 is 5.32 Å². The summed E-state index contributed by atoms with van der Waals surface area (Å²) in [7, 11) is 0. The molecule has 0 saturated heterocycles. The normalized spacial score (nSPS) is 10.6. The van der Waals surface area contributed by atoms with E-state index < -0.39 is 0 Å². The van der Waals surface area contributed by atoms with Crippen LogP contribution in [0.1, 0.15) is 11.1 Å². The maximum atomic E-state index is 6.21. The molecule has 3 aromatic rings. The van der Waals surface area contributed by atoms with Gasteiger partial charge in [-0.25, -0.2) is 4.68 Å². The molecule has 0 unspecified atom stereocenters. The van der Waals surface area contributed by atoms with Gasteiger partial charge >= 0.3 is 0 Å². The average molecular weight is 298 g/mol. The Bertz CT molecular complexity index is 698. The van der Waals surface area contributed by atoms with Gasteiger partial charge in [-0.2, -0.15) is 5.10 Å². The zero-order chi connectivity index (χ0) is 14.7. The molecule has 1 heterocycles. The smallest absolute Gasteiger partial charge is 0.0645 e. The SMILES string of the molecule is Cc1cccc(Cl)c1NCc1ccc(-n2cccn2)cc1. The summed E-state index contributed by atoms with van der Waals surface area (Å²) in [4.78, 5) is 0. The summed E-state index contributed by atoms with van der Waals surface area (Å²) in [5, 5.41) is 8.37. The van der Waals surface area contributed by atoms with Crippen molar-refractivity contribution in [2.75, 3.05) is 5.32 Å². The van der Waals surface area contributed by atoms with E-state index in [1.54, 1.807) is 6.20 Å². The van der Waals surface area contributed by atoms with Gasteiger partial charge in [0, 0.05) is 18.9 Å². The minimum atomic E-state index is 0.740. The number of aromatic nitrogens is 2. The van der Waals surface area contributed by atoms with Gasteiger partial charge in [0.15, 0.2) is 0 Å². The van der Waals surface area contributed by atoms with Gasteiger partial charge in [0.1, 0.15) is 0 Å². The molecule has 1 N–H and O–H groups in total. The molecule has 0 atom stereocenters. The summed E-state index contributed by atoms with van der Waals surface area (Å²) in [6.07, 6.45) is 3.70. The quantitative estimate of drug-likeness (QED) is 0.771. The van der Waals surface area contributed by atoms with Crippen LogP contribution in [-0.4, -0.2) is 9.78 Å². The second-order valence-corrected chi connectivity index (χ2v) is 5.31. The van der Waals surface area contributed by atoms with Crippen molar-refractivity contribution in [3.63, 3.8) is 0 Å². The standard InChI is InChI=1S/C17H16ClN3/c1-13-4-2-5-16(18)17(13)19-12-14-6-8-15(9-7-14)21-11-3-10-20-21/h2-11,19H,12H2,1H3. The Morgan fingerprint density at radius 2 is 1.90 bits per heavy atom. The minimum Gasteiger partial charge on any atom is -0.380 e. The third-order valence-electron chi connectivity index (χ3n) is 3.40. The molecule has 0 saturated carbocycles. The number of aryl methyl sites for hydroxylation is 1. The summed E-state index contributed by atoms with van der Waals surface area (Å²) in [6.45, 7) is 2.79. The van der Waals surface area contributed by atoms with Crippen molar-refractivity contribution in [2.24, 2.45) is 0 Å². The highest BCUT2D eigenvalue weighted by atomic mass is 35.5. The van der Waals surface area contributed by atoms with Crippen molar-refractivity contribution >= 4 is 17.3 Å². The fourth-order valence-electron chi connectivity index (χ4n) is 2.23. The molecule has 0 radical (unpaired) electrons. The molecule has 0 amide bonds. The Morgan fingerprint density at radius 3 is 2.57 bits per heavy atom. The Balaban J connectivity index is 1.71. The molecule has 3 rings (SSSR count). The number of nitrogens with zero attached hydrogens (tertiary/aromatic N) is 2. The number of anilines is 1. The maximum absolute atomic E-state index is 6.21. The van der Waals surface area contributed by atoms with Crippen molar-refractivity contribution in [2.45, 2.75) is 13.5 Å². The molecule has 106 valence electrons. The van der Waals surface area contributed by atoms with Gasteiger partial charge in [0.2, 0.25) is 0 Å². The van der Waals surface area contributed by atoms with Crippen LogP contribution in [0.15, 0.2) is 60.9 Å². The molecule has 3 nitrogen and oxygen atoms in total. The van der Waals surface area contributed by atoms with Crippen LogP contribution in [0.5, 0.6) is 0 Å². The molecule has 1 aromatic heterocycles. The monoisotopic (exact) mass is 297 g/mol. The lowest BCUT2D eigenvalue weighted by atomic mass is 10.1. The average Bonchev–Trinajstić information content (AvgIpc) is 3.02. The number of rotatable bonds is 4. The molecule has 0 aliphatic rings. The van der Waals surface area contributed by atoms with Crippen molar-refractivity contribution in [3.05, 3.63) is 77.1 Å². The predicted octanol–water partition coefficient (Wildman–Crippen LogP) is 4.45. The van der Waals surface area contributed by atoms with Crippen LogP contribution in [0, 0.1) is 6.92 Å². The topological polar surface area (TPSA) is 29.9 Å². The summed E-state index contributed by atoms with van der Waals surface area (Å²) in [5.41, 5.74) is 4.40. The summed E-state index contributed by atoms with van der Waals surface area (Å²) in [5.74, 6) is 0. The molecule has 4 heteroatoms. The van der Waals surface area contributed by atoms with E-state index in [9.17, 15) is 0 Å². The van der Waals surface area contributed by atoms with Crippen molar-refractivity contribution in [1.29, 1.82) is 0 Å². The lowest BCUT2D eigenvalue weighted by molar-refractivity contribution is 0.879. The molecule has 0 bridgehead atoms. The summed E-state index contributed by atoms with van der Waals surface area (Å²) >= 11 is 6.21. The number of halogens is 1. The second-order valence-electron chi connectivity index (χ2n) is 4.90. The van der Waals surface area contributed by atoms with Crippen molar-refractivity contribution in [3.8, 4) is 5.69 Å². The van der Waals surface area contributed by atoms with E-state index in [2.05, 4.69) is 47.7 Å². The van der Waals surface area contributed by atoms with E-state index in [-0.39, 0.29) is 0 Å². The van der Waals surface area contributed by atoms with Gasteiger partial charge in [-0.1, -0.05) is 35.9 Å². The second kappa shape index (κ2) is 6.02. The number of nitrogens with one attached hydrogen (secondary N) is 1. The number of hydrogen-bond acceptors (Lipinski definition) is 2. The molecule has 2 aromatic carbocycles. The van der Waals surface area contributed by atoms with Crippen LogP contribution >= 0.6 is 11.6 Å². The number of para-hydroxylation sites is 1. The van der Waals surface area contributed by atoms with E-state index in [4.69, 9.17) is 11.6 Å². The minimum absolute atomic E-state index is 0.740. The number of benzene rings is 2. The molecular weight excluding hydrogens is 282 g/mol. The Morgan fingerprint density at radius 1 is 1.10 bits per heavy atom. The predicted molar refractivity (Wildman–Crippen MR) is 87.1 cm³/mol. The lowest BCUT2D eigenvalue weighted by Gasteiger charge is -2.11. The van der Waals surface area contributed by atoms with Gasteiger partial charge < -0.3 is 5.32 Å². The first-order valence-corrected chi connectivity index (χ1v) is 7.20. The van der Waals surface area contributed by atoms with Crippen LogP contribution in [0.2, 0.25) is 5.02 Å². The Hall–Kier alpha value is -2.26. The number of hydrogen-bond donors (Lipinski definition) is 1. The van der Waals surface area contributed by atoms with Gasteiger partial charge in [-0.05, 0) is 42.3 Å². The first kappa shape index (κ1) is 13.7. The van der Waals surface area contributed by atoms with Crippen LogP contribution in [0.25, 0.3) is 5.69 Å². The van der Waals surface area contributed by atoms with E-state index in [0.29, 0.717) is 0 Å². The molecule has 21 heavy (non-hydrogen) atoms. The van der Waals surface area contributed by atoms with E-state index in [1.807, 2.05) is 29.1 Å². The molecular formula is C17H16ClN3. The third-order valence-corrected chi connectivity index (χ3v) is 3.71.